The molecular formula is C11H19NO3S. The Hall–Kier alpha value is -0.460. The van der Waals surface area contributed by atoms with Gasteiger partial charge in [-0.25, -0.2) is 0 Å². The lowest BCUT2D eigenvalue weighted by Crippen LogP contribution is -2.54. The van der Waals surface area contributed by atoms with Crippen molar-refractivity contribution in [2.75, 3.05) is 19.8 Å². The van der Waals surface area contributed by atoms with Gasteiger partial charge in [-0.3, -0.25) is 0 Å². The molecular weight excluding hydrogens is 226 g/mol. The van der Waals surface area contributed by atoms with E-state index < -0.39 is 5.54 Å². The molecule has 1 heterocycles. The molecule has 0 saturated carbocycles. The molecule has 4 nitrogen and oxygen atoms in total. The van der Waals surface area contributed by atoms with Crippen LogP contribution in [-0.2, 0) is 13.0 Å². The van der Waals surface area contributed by atoms with E-state index in [-0.39, 0.29) is 19.8 Å². The van der Waals surface area contributed by atoms with Crippen molar-refractivity contribution >= 4 is 11.3 Å². The summed E-state index contributed by atoms with van der Waals surface area (Å²) < 4.78 is 0. The van der Waals surface area contributed by atoms with E-state index in [1.807, 2.05) is 6.07 Å². The third kappa shape index (κ3) is 3.26. The van der Waals surface area contributed by atoms with Crippen LogP contribution in [0.2, 0.25) is 0 Å². The normalized spacial score (nSPS) is 12.0. The molecule has 1 aromatic heterocycles. The summed E-state index contributed by atoms with van der Waals surface area (Å²) in [7, 11) is 0. The van der Waals surface area contributed by atoms with Gasteiger partial charge >= 0.3 is 0 Å². The van der Waals surface area contributed by atoms with Crippen molar-refractivity contribution in [2.24, 2.45) is 0 Å². The minimum Gasteiger partial charge on any atom is -0.394 e. The molecule has 0 aliphatic rings. The zero-order chi connectivity index (χ0) is 12.0. The number of hydrogen-bond donors (Lipinski definition) is 4. The van der Waals surface area contributed by atoms with Crippen molar-refractivity contribution in [3.63, 3.8) is 0 Å². The van der Waals surface area contributed by atoms with Crippen LogP contribution in [0.25, 0.3) is 0 Å². The van der Waals surface area contributed by atoms with E-state index in [0.717, 1.165) is 11.3 Å². The summed E-state index contributed by atoms with van der Waals surface area (Å²) >= 11 is 1.70. The van der Waals surface area contributed by atoms with Crippen molar-refractivity contribution in [1.29, 1.82) is 0 Å². The average molecular weight is 245 g/mol. The highest BCUT2D eigenvalue weighted by Gasteiger charge is 2.27. The summed E-state index contributed by atoms with van der Waals surface area (Å²) in [5.74, 6) is 0. The summed E-state index contributed by atoms with van der Waals surface area (Å²) in [4.78, 5) is 2.44. The first-order valence-electron chi connectivity index (χ1n) is 5.35. The van der Waals surface area contributed by atoms with Crippen LogP contribution in [0.5, 0.6) is 0 Å². The first kappa shape index (κ1) is 13.6. The zero-order valence-electron chi connectivity index (χ0n) is 9.44. The second-order valence-corrected chi connectivity index (χ2v) is 5.08. The Labute approximate surface area is 99.6 Å². The quantitative estimate of drug-likeness (QED) is 0.550. The largest absolute Gasteiger partial charge is 0.394 e. The molecule has 0 radical (unpaired) electrons. The van der Waals surface area contributed by atoms with Gasteiger partial charge in [0.1, 0.15) is 0 Å². The Morgan fingerprint density at radius 3 is 2.12 bits per heavy atom. The van der Waals surface area contributed by atoms with E-state index in [9.17, 15) is 0 Å². The van der Waals surface area contributed by atoms with Gasteiger partial charge in [0.05, 0.1) is 25.4 Å². The Bertz CT molecular complexity index is 302. The van der Waals surface area contributed by atoms with Gasteiger partial charge in [-0.1, -0.05) is 6.92 Å². The van der Waals surface area contributed by atoms with Crippen LogP contribution >= 0.6 is 11.3 Å². The van der Waals surface area contributed by atoms with E-state index in [1.54, 1.807) is 11.3 Å². The molecule has 0 fully saturated rings. The summed E-state index contributed by atoms with van der Waals surface area (Å²) in [5, 5.41) is 30.4. The predicted molar refractivity (Wildman–Crippen MR) is 64.5 cm³/mol. The van der Waals surface area contributed by atoms with E-state index in [4.69, 9.17) is 15.3 Å². The van der Waals surface area contributed by atoms with Gasteiger partial charge in [0.2, 0.25) is 0 Å². The van der Waals surface area contributed by atoms with E-state index in [0.29, 0.717) is 6.54 Å². The fraction of sp³-hybridized carbons (Fsp3) is 0.636. The summed E-state index contributed by atoms with van der Waals surface area (Å²) in [6, 6.07) is 4.09. The highest BCUT2D eigenvalue weighted by atomic mass is 32.1. The molecule has 0 bridgehead atoms. The predicted octanol–water partition coefficient (Wildman–Crippen LogP) is 0.116. The maximum absolute atomic E-state index is 9.13. The van der Waals surface area contributed by atoms with Crippen molar-refractivity contribution < 1.29 is 15.3 Å². The Morgan fingerprint density at radius 2 is 1.69 bits per heavy atom. The number of hydrogen-bond acceptors (Lipinski definition) is 5. The zero-order valence-corrected chi connectivity index (χ0v) is 10.3. The van der Waals surface area contributed by atoms with Crippen molar-refractivity contribution in [2.45, 2.75) is 25.4 Å². The number of nitrogens with one attached hydrogen (secondary N) is 1. The van der Waals surface area contributed by atoms with Gasteiger partial charge in [0, 0.05) is 16.3 Å². The third-order valence-corrected chi connectivity index (χ3v) is 3.84. The fourth-order valence-corrected chi connectivity index (χ4v) is 2.20. The van der Waals surface area contributed by atoms with Gasteiger partial charge in [0.25, 0.3) is 0 Å². The second-order valence-electron chi connectivity index (χ2n) is 3.83. The van der Waals surface area contributed by atoms with Gasteiger partial charge in [-0.2, -0.15) is 0 Å². The monoisotopic (exact) mass is 245 g/mol. The first-order valence-corrected chi connectivity index (χ1v) is 6.16. The molecule has 92 valence electrons. The molecule has 0 spiro atoms. The number of aliphatic hydroxyl groups excluding tert-OH is 3. The van der Waals surface area contributed by atoms with Crippen LogP contribution in [0.3, 0.4) is 0 Å². The highest BCUT2D eigenvalue weighted by molar-refractivity contribution is 7.11. The number of thiophene rings is 1. The lowest BCUT2D eigenvalue weighted by molar-refractivity contribution is 0.0415. The molecule has 1 rings (SSSR count). The third-order valence-electron chi connectivity index (χ3n) is 2.61. The van der Waals surface area contributed by atoms with Crippen molar-refractivity contribution in [3.8, 4) is 0 Å². The SMILES string of the molecule is CCc1ccc(CNC(CO)(CO)CO)s1. The summed E-state index contributed by atoms with van der Waals surface area (Å²) in [6.45, 7) is 1.79. The van der Waals surface area contributed by atoms with Crippen LogP contribution in [-0.4, -0.2) is 40.7 Å². The molecule has 5 heteroatoms. The molecule has 0 atom stereocenters. The maximum Gasteiger partial charge on any atom is 0.0884 e. The van der Waals surface area contributed by atoms with Gasteiger partial charge in [-0.15, -0.1) is 11.3 Å². The maximum atomic E-state index is 9.13. The molecule has 0 unspecified atom stereocenters. The lowest BCUT2D eigenvalue weighted by Gasteiger charge is -2.28. The molecule has 16 heavy (non-hydrogen) atoms. The van der Waals surface area contributed by atoms with Gasteiger partial charge < -0.3 is 20.6 Å². The van der Waals surface area contributed by atoms with E-state index in [2.05, 4.69) is 18.3 Å². The molecule has 0 amide bonds. The first-order chi connectivity index (χ1) is 7.69. The lowest BCUT2D eigenvalue weighted by atomic mass is 10.0. The van der Waals surface area contributed by atoms with E-state index >= 15 is 0 Å². The van der Waals surface area contributed by atoms with Crippen molar-refractivity contribution in [1.82, 2.24) is 5.32 Å². The molecule has 0 aromatic carbocycles. The van der Waals surface area contributed by atoms with Gasteiger partial charge in [-0.05, 0) is 18.6 Å². The summed E-state index contributed by atoms with van der Waals surface area (Å²) in [6.07, 6.45) is 1.01. The molecule has 1 aromatic rings. The topological polar surface area (TPSA) is 72.7 Å². The Morgan fingerprint density at radius 1 is 1.12 bits per heavy atom. The highest BCUT2D eigenvalue weighted by Crippen LogP contribution is 2.17. The van der Waals surface area contributed by atoms with Crippen LogP contribution < -0.4 is 5.32 Å². The number of aliphatic hydroxyl groups is 3. The molecule has 0 saturated heterocycles. The minimum atomic E-state index is -0.990. The number of rotatable bonds is 7. The van der Waals surface area contributed by atoms with Crippen LogP contribution in [0.4, 0.5) is 0 Å². The average Bonchev–Trinajstić information content (AvgIpc) is 2.80. The minimum absolute atomic E-state index is 0.286. The smallest absolute Gasteiger partial charge is 0.0884 e. The fourth-order valence-electron chi connectivity index (χ4n) is 1.30. The van der Waals surface area contributed by atoms with Crippen LogP contribution in [0.1, 0.15) is 16.7 Å². The Balaban J connectivity index is 2.55. The second kappa shape index (κ2) is 6.32. The van der Waals surface area contributed by atoms with E-state index in [1.165, 1.54) is 4.88 Å². The molecule has 0 aliphatic heterocycles. The number of aryl methyl sites for hydroxylation is 1. The van der Waals surface area contributed by atoms with Crippen LogP contribution in [0.15, 0.2) is 12.1 Å². The van der Waals surface area contributed by atoms with Gasteiger partial charge in [0.15, 0.2) is 0 Å². The Kier molecular flexibility index (Phi) is 5.37. The molecule has 4 N–H and O–H groups in total. The van der Waals surface area contributed by atoms with Crippen molar-refractivity contribution in [3.05, 3.63) is 21.9 Å². The summed E-state index contributed by atoms with van der Waals surface area (Å²) in [5.41, 5.74) is -0.990. The standard InChI is InChI=1S/C11H19NO3S/c1-2-9-3-4-10(16-9)5-12-11(6-13,7-14)8-15/h3-4,12-15H,2,5-8H2,1H3. The van der Waals surface area contributed by atoms with Crippen LogP contribution in [0, 0.1) is 0 Å². The molecule has 0 aliphatic carbocycles.